The minimum absolute atomic E-state index is 0.0278. The molecule has 1 aromatic carbocycles. The van der Waals surface area contributed by atoms with Crippen LogP contribution in [-0.4, -0.2) is 22.9 Å². The summed E-state index contributed by atoms with van der Waals surface area (Å²) < 4.78 is 13.2. The first-order valence-corrected chi connectivity index (χ1v) is 10.6. The Morgan fingerprint density at radius 1 is 1.16 bits per heavy atom. The number of ether oxygens (including phenoxy) is 2. The van der Waals surface area contributed by atoms with Crippen LogP contribution in [0.4, 0.5) is 0 Å². The fraction of sp³-hybridized carbons (Fsp3) is 0.714. The maximum atomic E-state index is 6.61. The van der Waals surface area contributed by atoms with Crippen molar-refractivity contribution in [2.75, 3.05) is 0 Å². The van der Waals surface area contributed by atoms with Gasteiger partial charge in [0.2, 0.25) is 5.91 Å². The Kier molecular flexibility index (Phi) is 5.94. The number of benzene rings is 1. The van der Waals surface area contributed by atoms with Crippen molar-refractivity contribution in [1.82, 2.24) is 5.32 Å². The van der Waals surface area contributed by atoms with Gasteiger partial charge in [0.15, 0.2) is 0 Å². The summed E-state index contributed by atoms with van der Waals surface area (Å²) >= 11 is 3.88. The number of nitrogens with one attached hydrogen (secondary N) is 1. The molecule has 3 rings (SSSR count). The van der Waals surface area contributed by atoms with Crippen molar-refractivity contribution in [3.8, 4) is 0 Å². The van der Waals surface area contributed by atoms with Crippen molar-refractivity contribution in [3.05, 3.63) is 35.9 Å². The van der Waals surface area contributed by atoms with Crippen molar-refractivity contribution in [2.45, 2.75) is 76.4 Å². The van der Waals surface area contributed by atoms with Crippen molar-refractivity contribution < 1.29 is 9.47 Å². The van der Waals surface area contributed by atoms with Gasteiger partial charge in [-0.1, -0.05) is 74.0 Å². The molecule has 2 fully saturated rings. The molecule has 0 bridgehead atoms. The number of halogens is 1. The number of rotatable bonds is 5. The molecule has 1 unspecified atom stereocenters. The zero-order valence-corrected chi connectivity index (χ0v) is 17.6. The van der Waals surface area contributed by atoms with Gasteiger partial charge in [-0.3, -0.25) is 5.32 Å². The average Bonchev–Trinajstić information content (AvgIpc) is 3.08. The standard InChI is InChI=1S/C21H32BrNO2/c1-13(2)11-18(22)19-12-17(14(3)4)21(24-19)23-15(5)20(25-21)16-9-7-6-8-10-16/h6-10,13-15,17-20,23H,11-12H2,1-5H3/t15-,17-,18-,19?,20+,21+/m0/s1. The van der Waals surface area contributed by atoms with E-state index in [4.69, 9.17) is 9.47 Å². The summed E-state index contributed by atoms with van der Waals surface area (Å²) in [5.74, 6) is 0.830. The van der Waals surface area contributed by atoms with Gasteiger partial charge in [0.25, 0.3) is 0 Å². The number of hydrogen-bond acceptors (Lipinski definition) is 3. The fourth-order valence-corrected chi connectivity index (χ4v) is 5.35. The molecular weight excluding hydrogens is 378 g/mol. The molecule has 0 radical (unpaired) electrons. The fourth-order valence-electron chi connectivity index (χ4n) is 4.27. The summed E-state index contributed by atoms with van der Waals surface area (Å²) in [5.41, 5.74) is 1.21. The Labute approximate surface area is 161 Å². The highest BCUT2D eigenvalue weighted by Crippen LogP contribution is 2.49. The van der Waals surface area contributed by atoms with Crippen LogP contribution in [0.1, 0.15) is 59.1 Å². The summed E-state index contributed by atoms with van der Waals surface area (Å²) in [6.45, 7) is 11.3. The molecule has 2 aliphatic rings. The maximum absolute atomic E-state index is 6.61. The highest BCUT2D eigenvalue weighted by Gasteiger charge is 2.58. The van der Waals surface area contributed by atoms with Crippen molar-refractivity contribution in [2.24, 2.45) is 17.8 Å². The molecule has 140 valence electrons. The van der Waals surface area contributed by atoms with Crippen LogP contribution >= 0.6 is 15.9 Å². The highest BCUT2D eigenvalue weighted by molar-refractivity contribution is 9.09. The van der Waals surface area contributed by atoms with E-state index in [0.29, 0.717) is 22.6 Å². The normalized spacial score (nSPS) is 36.6. The van der Waals surface area contributed by atoms with Gasteiger partial charge in [-0.15, -0.1) is 0 Å². The lowest BCUT2D eigenvalue weighted by Gasteiger charge is -2.32. The lowest BCUT2D eigenvalue weighted by molar-refractivity contribution is -0.252. The van der Waals surface area contributed by atoms with Crippen LogP contribution in [0.3, 0.4) is 0 Å². The molecule has 1 N–H and O–H groups in total. The topological polar surface area (TPSA) is 30.5 Å². The molecule has 2 heterocycles. The molecule has 2 saturated heterocycles. The molecule has 6 atom stereocenters. The van der Waals surface area contributed by atoms with Gasteiger partial charge >= 0.3 is 0 Å². The lowest BCUT2D eigenvalue weighted by atomic mass is 9.88. The van der Waals surface area contributed by atoms with E-state index >= 15 is 0 Å². The van der Waals surface area contributed by atoms with Crippen molar-refractivity contribution in [1.29, 1.82) is 0 Å². The first-order valence-electron chi connectivity index (χ1n) is 9.64. The van der Waals surface area contributed by atoms with E-state index in [1.807, 2.05) is 6.07 Å². The van der Waals surface area contributed by atoms with E-state index < -0.39 is 5.91 Å². The van der Waals surface area contributed by atoms with Gasteiger partial charge in [-0.2, -0.15) is 0 Å². The summed E-state index contributed by atoms with van der Waals surface area (Å²) in [5, 5.41) is 3.68. The highest BCUT2D eigenvalue weighted by atomic mass is 79.9. The van der Waals surface area contributed by atoms with Crippen LogP contribution in [0.25, 0.3) is 0 Å². The molecule has 2 aliphatic heterocycles. The van der Waals surface area contributed by atoms with E-state index in [9.17, 15) is 0 Å². The van der Waals surface area contributed by atoms with Crippen LogP contribution in [0.2, 0.25) is 0 Å². The minimum atomic E-state index is -0.665. The molecule has 0 saturated carbocycles. The van der Waals surface area contributed by atoms with E-state index in [0.717, 1.165) is 12.8 Å². The van der Waals surface area contributed by atoms with Crippen LogP contribution in [-0.2, 0) is 9.47 Å². The monoisotopic (exact) mass is 409 g/mol. The minimum Gasteiger partial charge on any atom is -0.333 e. The summed E-state index contributed by atoms with van der Waals surface area (Å²) in [6, 6.07) is 10.7. The Bertz CT molecular complexity index is 564. The smallest absolute Gasteiger partial charge is 0.231 e. The van der Waals surface area contributed by atoms with E-state index in [1.54, 1.807) is 0 Å². The van der Waals surface area contributed by atoms with Crippen LogP contribution in [0.15, 0.2) is 30.3 Å². The molecule has 0 amide bonds. The van der Waals surface area contributed by atoms with Crippen LogP contribution in [0.5, 0.6) is 0 Å². The number of hydrogen-bond donors (Lipinski definition) is 1. The third-order valence-electron chi connectivity index (χ3n) is 5.52. The quantitative estimate of drug-likeness (QED) is 0.672. The molecule has 0 aromatic heterocycles. The Morgan fingerprint density at radius 2 is 1.84 bits per heavy atom. The molecule has 0 aliphatic carbocycles. The first kappa shape index (κ1) is 19.3. The first-order chi connectivity index (χ1) is 11.8. The van der Waals surface area contributed by atoms with Crippen molar-refractivity contribution in [3.63, 3.8) is 0 Å². The van der Waals surface area contributed by atoms with Gasteiger partial charge in [-0.25, -0.2) is 0 Å². The summed E-state index contributed by atoms with van der Waals surface area (Å²) in [4.78, 5) is 0.365. The predicted octanol–water partition coefficient (Wildman–Crippen LogP) is 5.26. The average molecular weight is 410 g/mol. The molecular formula is C21H32BrNO2. The van der Waals surface area contributed by atoms with Gasteiger partial charge in [0.05, 0.1) is 6.10 Å². The third kappa shape index (κ3) is 3.97. The van der Waals surface area contributed by atoms with Crippen LogP contribution in [0, 0.1) is 17.8 Å². The van der Waals surface area contributed by atoms with E-state index in [2.05, 4.69) is 80.1 Å². The lowest BCUT2D eigenvalue weighted by Crippen LogP contribution is -2.50. The number of alkyl halides is 1. The van der Waals surface area contributed by atoms with Crippen LogP contribution < -0.4 is 5.32 Å². The second kappa shape index (κ2) is 7.67. The largest absolute Gasteiger partial charge is 0.333 e. The maximum Gasteiger partial charge on any atom is 0.231 e. The zero-order valence-electron chi connectivity index (χ0n) is 16.0. The van der Waals surface area contributed by atoms with E-state index in [1.165, 1.54) is 5.56 Å². The summed E-state index contributed by atoms with van der Waals surface area (Å²) in [7, 11) is 0. The Hall–Kier alpha value is -0.420. The molecule has 1 aromatic rings. The summed E-state index contributed by atoms with van der Waals surface area (Å²) in [6.07, 6.45) is 2.36. The molecule has 1 spiro atoms. The second-order valence-corrected chi connectivity index (χ2v) is 9.61. The van der Waals surface area contributed by atoms with Gasteiger partial charge in [0.1, 0.15) is 6.10 Å². The van der Waals surface area contributed by atoms with Crippen molar-refractivity contribution >= 4 is 15.9 Å². The SMILES string of the molecule is CC(C)C[C@H](Br)C1C[C@@H](C(C)C)[C@@]2(N[C@@H](C)[C@H](c3ccccc3)O2)O1. The van der Waals surface area contributed by atoms with Gasteiger partial charge < -0.3 is 9.47 Å². The third-order valence-corrected chi connectivity index (χ3v) is 6.48. The Balaban J connectivity index is 1.81. The van der Waals surface area contributed by atoms with Gasteiger partial charge in [0, 0.05) is 16.8 Å². The predicted molar refractivity (Wildman–Crippen MR) is 106 cm³/mol. The van der Waals surface area contributed by atoms with E-state index in [-0.39, 0.29) is 18.2 Å². The molecule has 3 nitrogen and oxygen atoms in total. The zero-order chi connectivity index (χ0) is 18.2. The second-order valence-electron chi connectivity index (χ2n) is 8.44. The molecule has 4 heteroatoms. The van der Waals surface area contributed by atoms with Gasteiger partial charge in [-0.05, 0) is 37.2 Å². The Morgan fingerprint density at radius 3 is 2.44 bits per heavy atom. The molecule has 25 heavy (non-hydrogen) atoms.